The molecule has 0 atom stereocenters. The summed E-state index contributed by atoms with van der Waals surface area (Å²) in [5, 5.41) is 0. The van der Waals surface area contributed by atoms with Gasteiger partial charge in [0.25, 0.3) is 5.56 Å². The van der Waals surface area contributed by atoms with Crippen LogP contribution in [0.4, 0.5) is 0 Å². The first-order valence-corrected chi connectivity index (χ1v) is 9.00. The third kappa shape index (κ3) is 2.90. The molecule has 28 heavy (non-hydrogen) atoms. The fourth-order valence-electron chi connectivity index (χ4n) is 3.31. The molecule has 2 aromatic rings. The standard InChI is InChI=1S/C21H20N4O3/c1-13-11-16-17(12-14(13)2)24(9-10-28-3)19-18(22-16)20(26)25(21(27)23-19)15-7-5-4-6-8-15/h4-8,11-12H,9-10H2,1-3H3. The molecule has 0 bridgehead atoms. The van der Waals surface area contributed by atoms with Gasteiger partial charge in [0.15, 0.2) is 11.5 Å². The van der Waals surface area contributed by atoms with E-state index in [0.717, 1.165) is 21.2 Å². The monoisotopic (exact) mass is 376 g/mol. The molecule has 0 spiro atoms. The fraction of sp³-hybridized carbons (Fsp3) is 0.238. The summed E-state index contributed by atoms with van der Waals surface area (Å²) in [7, 11) is 1.61. The highest BCUT2D eigenvalue weighted by molar-refractivity contribution is 5.81. The third-order valence-electron chi connectivity index (χ3n) is 4.91. The van der Waals surface area contributed by atoms with Crippen LogP contribution in [0.3, 0.4) is 0 Å². The summed E-state index contributed by atoms with van der Waals surface area (Å²) >= 11 is 0. The molecule has 7 nitrogen and oxygen atoms in total. The molecule has 2 aliphatic heterocycles. The van der Waals surface area contributed by atoms with Gasteiger partial charge in [-0.15, -0.1) is 0 Å². The van der Waals surface area contributed by atoms with Crippen molar-refractivity contribution in [2.75, 3.05) is 13.7 Å². The largest absolute Gasteiger partial charge is 0.383 e. The highest BCUT2D eigenvalue weighted by Gasteiger charge is 2.22. The predicted octanol–water partition coefficient (Wildman–Crippen LogP) is 2.31. The Hall–Kier alpha value is -3.32. The maximum atomic E-state index is 13.2. The average molecular weight is 376 g/mol. The van der Waals surface area contributed by atoms with Crippen LogP contribution < -0.4 is 11.2 Å². The molecule has 0 amide bonds. The second-order valence-corrected chi connectivity index (χ2v) is 6.72. The molecule has 0 saturated carbocycles. The molecule has 2 aliphatic rings. The van der Waals surface area contributed by atoms with Crippen LogP contribution in [0.1, 0.15) is 11.1 Å². The summed E-state index contributed by atoms with van der Waals surface area (Å²) in [6.07, 6.45) is 0. The van der Waals surface area contributed by atoms with E-state index in [2.05, 4.69) is 9.97 Å². The van der Waals surface area contributed by atoms with E-state index in [-0.39, 0.29) is 11.5 Å². The van der Waals surface area contributed by atoms with Gasteiger partial charge in [-0.2, -0.15) is 4.98 Å². The Kier molecular flexibility index (Phi) is 4.52. The zero-order chi connectivity index (χ0) is 19.8. The molecule has 2 heterocycles. The molecule has 0 saturated heterocycles. The summed E-state index contributed by atoms with van der Waals surface area (Å²) in [4.78, 5) is 34.7. The van der Waals surface area contributed by atoms with E-state index >= 15 is 0 Å². The number of aryl methyl sites for hydroxylation is 2. The smallest absolute Gasteiger partial charge is 0.357 e. The van der Waals surface area contributed by atoms with Crippen molar-refractivity contribution in [1.82, 2.24) is 19.1 Å². The Morgan fingerprint density at radius 2 is 1.71 bits per heavy atom. The van der Waals surface area contributed by atoms with Crippen molar-refractivity contribution in [3.8, 4) is 17.2 Å². The molecule has 0 radical (unpaired) electrons. The lowest BCUT2D eigenvalue weighted by molar-refractivity contribution is 0.188. The number of hydrogen-bond donors (Lipinski definition) is 0. The van der Waals surface area contributed by atoms with Gasteiger partial charge >= 0.3 is 5.69 Å². The van der Waals surface area contributed by atoms with E-state index in [0.29, 0.717) is 24.4 Å². The van der Waals surface area contributed by atoms with E-state index < -0.39 is 11.2 Å². The summed E-state index contributed by atoms with van der Waals surface area (Å²) in [5.74, 6) is 0.273. The Labute approximate surface area is 161 Å². The van der Waals surface area contributed by atoms with Crippen LogP contribution in [0.25, 0.3) is 28.2 Å². The minimum absolute atomic E-state index is 0.162. The topological polar surface area (TPSA) is 79.0 Å². The van der Waals surface area contributed by atoms with Crippen LogP contribution in [0.15, 0.2) is 52.1 Å². The molecule has 142 valence electrons. The molecule has 0 aliphatic carbocycles. The number of rotatable bonds is 4. The normalized spacial score (nSPS) is 11.4. The van der Waals surface area contributed by atoms with E-state index in [1.807, 2.05) is 36.6 Å². The predicted molar refractivity (Wildman–Crippen MR) is 107 cm³/mol. The quantitative estimate of drug-likeness (QED) is 0.511. The Morgan fingerprint density at radius 1 is 1.00 bits per heavy atom. The summed E-state index contributed by atoms with van der Waals surface area (Å²) in [5.41, 5.74) is 3.20. The number of para-hydroxylation sites is 1. The second-order valence-electron chi connectivity index (χ2n) is 6.72. The van der Waals surface area contributed by atoms with E-state index in [4.69, 9.17) is 4.74 Å². The second kappa shape index (κ2) is 7.01. The molecule has 4 rings (SSSR count). The van der Waals surface area contributed by atoms with Gasteiger partial charge in [0, 0.05) is 13.7 Å². The summed E-state index contributed by atoms with van der Waals surface area (Å²) in [6.45, 7) is 4.89. The van der Waals surface area contributed by atoms with Crippen LogP contribution in [0.5, 0.6) is 0 Å². The Balaban J connectivity index is 2.13. The molecule has 2 aromatic carbocycles. The minimum Gasteiger partial charge on any atom is -0.383 e. The van der Waals surface area contributed by atoms with Gasteiger partial charge in [-0.05, 0) is 49.2 Å². The van der Waals surface area contributed by atoms with E-state index in [9.17, 15) is 9.59 Å². The Bertz CT molecular complexity index is 1260. The van der Waals surface area contributed by atoms with Crippen molar-refractivity contribution in [3.63, 3.8) is 0 Å². The van der Waals surface area contributed by atoms with Crippen molar-refractivity contribution in [1.29, 1.82) is 0 Å². The first-order chi connectivity index (χ1) is 13.5. The lowest BCUT2D eigenvalue weighted by atomic mass is 10.1. The molecular formula is C21H20N4O3. The SMILES string of the molecule is COCCn1c2nc(=O)n(-c3ccccc3)c(=O)c-2nc2cc(C)c(C)cc21. The first kappa shape index (κ1) is 18.1. The number of hydrogen-bond acceptors (Lipinski definition) is 5. The lowest BCUT2D eigenvalue weighted by Crippen LogP contribution is -2.37. The third-order valence-corrected chi connectivity index (χ3v) is 4.91. The molecule has 0 unspecified atom stereocenters. The van der Waals surface area contributed by atoms with Gasteiger partial charge in [0.2, 0.25) is 0 Å². The highest BCUT2D eigenvalue weighted by atomic mass is 16.5. The summed E-state index contributed by atoms with van der Waals surface area (Å²) < 4.78 is 8.12. The maximum absolute atomic E-state index is 13.2. The number of methoxy groups -OCH3 is 1. The maximum Gasteiger partial charge on any atom is 0.357 e. The van der Waals surface area contributed by atoms with Gasteiger partial charge in [-0.25, -0.2) is 14.3 Å². The van der Waals surface area contributed by atoms with Crippen LogP contribution in [0.2, 0.25) is 0 Å². The zero-order valence-electron chi connectivity index (χ0n) is 16.0. The van der Waals surface area contributed by atoms with Crippen molar-refractivity contribution in [2.45, 2.75) is 20.4 Å². The number of aromatic nitrogens is 4. The van der Waals surface area contributed by atoms with Crippen LogP contribution >= 0.6 is 0 Å². The number of benzene rings is 2. The molecule has 7 heteroatoms. The van der Waals surface area contributed by atoms with E-state index in [1.54, 1.807) is 31.4 Å². The molecule has 0 aromatic heterocycles. The average Bonchev–Trinajstić information content (AvgIpc) is 2.68. The number of ether oxygens (including phenoxy) is 1. The van der Waals surface area contributed by atoms with Crippen LogP contribution in [-0.4, -0.2) is 32.8 Å². The lowest BCUT2D eigenvalue weighted by Gasteiger charge is -2.18. The van der Waals surface area contributed by atoms with E-state index in [1.165, 1.54) is 0 Å². The Morgan fingerprint density at radius 3 is 2.43 bits per heavy atom. The first-order valence-electron chi connectivity index (χ1n) is 9.00. The molecule has 0 fully saturated rings. The van der Waals surface area contributed by atoms with Crippen molar-refractivity contribution < 1.29 is 4.74 Å². The molecule has 0 N–H and O–H groups in total. The van der Waals surface area contributed by atoms with Crippen molar-refractivity contribution in [2.24, 2.45) is 0 Å². The van der Waals surface area contributed by atoms with Gasteiger partial charge < -0.3 is 9.30 Å². The van der Waals surface area contributed by atoms with Gasteiger partial charge in [0.1, 0.15) is 0 Å². The minimum atomic E-state index is -0.625. The summed E-state index contributed by atoms with van der Waals surface area (Å²) in [6, 6.07) is 12.7. The van der Waals surface area contributed by atoms with Crippen molar-refractivity contribution in [3.05, 3.63) is 74.4 Å². The van der Waals surface area contributed by atoms with Gasteiger partial charge in [0.05, 0.1) is 23.3 Å². The highest BCUT2D eigenvalue weighted by Crippen LogP contribution is 2.24. The van der Waals surface area contributed by atoms with Gasteiger partial charge in [-0.3, -0.25) is 4.79 Å². The number of nitrogens with zero attached hydrogens (tertiary/aromatic N) is 4. The van der Waals surface area contributed by atoms with Gasteiger partial charge in [-0.1, -0.05) is 18.2 Å². The molecular weight excluding hydrogens is 356 g/mol. The van der Waals surface area contributed by atoms with Crippen molar-refractivity contribution >= 4 is 11.0 Å². The number of fused-ring (bicyclic) bond motifs is 2. The van der Waals surface area contributed by atoms with Crippen LogP contribution in [-0.2, 0) is 11.3 Å². The zero-order valence-corrected chi connectivity index (χ0v) is 16.0. The van der Waals surface area contributed by atoms with Crippen LogP contribution in [0, 0.1) is 13.8 Å². The fourth-order valence-corrected chi connectivity index (χ4v) is 3.31.